The summed E-state index contributed by atoms with van der Waals surface area (Å²) < 4.78 is 6.12. The van der Waals surface area contributed by atoms with Crippen molar-refractivity contribution in [1.82, 2.24) is 10.3 Å². The standard InChI is InChI=1S/C11H13BrN2O2/c1-3-6-13-11(15)8(2)16-9-4-5-10(12)14-7-9/h3-5,7-8H,1,6H2,2H3,(H,13,15). The lowest BCUT2D eigenvalue weighted by Crippen LogP contribution is -2.36. The summed E-state index contributed by atoms with van der Waals surface area (Å²) in [5.41, 5.74) is 0. The Morgan fingerprint density at radius 3 is 3.06 bits per heavy atom. The average molecular weight is 285 g/mol. The Bertz CT molecular complexity index is 365. The van der Waals surface area contributed by atoms with Gasteiger partial charge in [0.15, 0.2) is 6.10 Å². The quantitative estimate of drug-likeness (QED) is 0.664. The summed E-state index contributed by atoms with van der Waals surface area (Å²) in [6, 6.07) is 3.50. The molecule has 0 spiro atoms. The van der Waals surface area contributed by atoms with Crippen molar-refractivity contribution < 1.29 is 9.53 Å². The first-order valence-electron chi connectivity index (χ1n) is 4.80. The highest BCUT2D eigenvalue weighted by molar-refractivity contribution is 9.10. The predicted molar refractivity (Wildman–Crippen MR) is 65.2 cm³/mol. The topological polar surface area (TPSA) is 51.2 Å². The van der Waals surface area contributed by atoms with Crippen molar-refractivity contribution in [2.45, 2.75) is 13.0 Å². The highest BCUT2D eigenvalue weighted by Gasteiger charge is 2.13. The molecule has 0 bridgehead atoms. The molecule has 1 atom stereocenters. The minimum atomic E-state index is -0.553. The van der Waals surface area contributed by atoms with E-state index in [1.165, 1.54) is 0 Å². The van der Waals surface area contributed by atoms with Gasteiger partial charge in [-0.1, -0.05) is 6.08 Å². The molecule has 0 aliphatic heterocycles. The lowest BCUT2D eigenvalue weighted by Gasteiger charge is -2.13. The lowest BCUT2D eigenvalue weighted by molar-refractivity contribution is -0.127. The van der Waals surface area contributed by atoms with E-state index in [9.17, 15) is 4.79 Å². The largest absolute Gasteiger partial charge is 0.479 e. The zero-order chi connectivity index (χ0) is 12.0. The van der Waals surface area contributed by atoms with Crippen LogP contribution in [0.5, 0.6) is 5.75 Å². The molecule has 1 N–H and O–H groups in total. The molecule has 0 saturated heterocycles. The molecule has 1 unspecified atom stereocenters. The van der Waals surface area contributed by atoms with Crippen LogP contribution in [-0.2, 0) is 4.79 Å². The summed E-state index contributed by atoms with van der Waals surface area (Å²) in [4.78, 5) is 15.5. The van der Waals surface area contributed by atoms with Crippen LogP contribution in [0, 0.1) is 0 Å². The normalized spacial score (nSPS) is 11.6. The van der Waals surface area contributed by atoms with Gasteiger partial charge in [-0.2, -0.15) is 0 Å². The van der Waals surface area contributed by atoms with Crippen LogP contribution in [0.2, 0.25) is 0 Å². The van der Waals surface area contributed by atoms with Crippen molar-refractivity contribution >= 4 is 21.8 Å². The molecule has 1 rings (SSSR count). The number of aromatic nitrogens is 1. The minimum absolute atomic E-state index is 0.178. The molecular formula is C11H13BrN2O2. The number of carbonyl (C=O) groups is 1. The van der Waals surface area contributed by atoms with Crippen molar-refractivity contribution in [3.63, 3.8) is 0 Å². The highest BCUT2D eigenvalue weighted by Crippen LogP contribution is 2.14. The number of nitrogens with one attached hydrogen (secondary N) is 1. The molecule has 1 amide bonds. The molecule has 1 aromatic heterocycles. The number of amides is 1. The van der Waals surface area contributed by atoms with E-state index in [4.69, 9.17) is 4.74 Å². The van der Waals surface area contributed by atoms with E-state index in [-0.39, 0.29) is 5.91 Å². The molecule has 4 nitrogen and oxygen atoms in total. The number of halogens is 1. The third-order valence-corrected chi connectivity index (χ3v) is 2.27. The van der Waals surface area contributed by atoms with Crippen LogP contribution in [0.15, 0.2) is 35.6 Å². The van der Waals surface area contributed by atoms with Crippen LogP contribution in [0.25, 0.3) is 0 Å². The van der Waals surface area contributed by atoms with E-state index in [1.807, 2.05) is 0 Å². The molecule has 16 heavy (non-hydrogen) atoms. The third kappa shape index (κ3) is 4.02. The number of hydrogen-bond donors (Lipinski definition) is 1. The molecule has 0 aliphatic rings. The molecular weight excluding hydrogens is 272 g/mol. The summed E-state index contributed by atoms with van der Waals surface area (Å²) >= 11 is 3.22. The Balaban J connectivity index is 2.50. The molecule has 1 aromatic rings. The van der Waals surface area contributed by atoms with Gasteiger partial charge in [0, 0.05) is 6.54 Å². The van der Waals surface area contributed by atoms with Gasteiger partial charge in [-0.25, -0.2) is 4.98 Å². The monoisotopic (exact) mass is 284 g/mol. The van der Waals surface area contributed by atoms with Gasteiger partial charge in [0.2, 0.25) is 0 Å². The second kappa shape index (κ2) is 6.27. The van der Waals surface area contributed by atoms with Crippen LogP contribution >= 0.6 is 15.9 Å². The number of hydrogen-bond acceptors (Lipinski definition) is 3. The fourth-order valence-corrected chi connectivity index (χ4v) is 1.24. The van der Waals surface area contributed by atoms with Gasteiger partial charge in [0.25, 0.3) is 5.91 Å². The number of rotatable bonds is 5. The van der Waals surface area contributed by atoms with Crippen LogP contribution < -0.4 is 10.1 Å². The van der Waals surface area contributed by atoms with Crippen molar-refractivity contribution in [3.05, 3.63) is 35.6 Å². The van der Waals surface area contributed by atoms with E-state index in [2.05, 4.69) is 32.8 Å². The van der Waals surface area contributed by atoms with E-state index in [0.717, 1.165) is 4.60 Å². The van der Waals surface area contributed by atoms with Crippen LogP contribution in [0.4, 0.5) is 0 Å². The molecule has 1 heterocycles. The maximum Gasteiger partial charge on any atom is 0.261 e. The first-order valence-corrected chi connectivity index (χ1v) is 5.59. The van der Waals surface area contributed by atoms with Crippen molar-refractivity contribution in [2.75, 3.05) is 6.54 Å². The van der Waals surface area contributed by atoms with Gasteiger partial charge in [-0.05, 0) is 35.0 Å². The van der Waals surface area contributed by atoms with Gasteiger partial charge < -0.3 is 10.1 Å². The Labute approximate surface area is 103 Å². The van der Waals surface area contributed by atoms with Gasteiger partial charge in [0.05, 0.1) is 6.20 Å². The predicted octanol–water partition coefficient (Wildman–Crippen LogP) is 1.91. The smallest absolute Gasteiger partial charge is 0.261 e. The molecule has 0 radical (unpaired) electrons. The Hall–Kier alpha value is -1.36. The van der Waals surface area contributed by atoms with Crippen molar-refractivity contribution in [1.29, 1.82) is 0 Å². The molecule has 0 aromatic carbocycles. The summed E-state index contributed by atoms with van der Waals surface area (Å²) in [5.74, 6) is 0.382. The summed E-state index contributed by atoms with van der Waals surface area (Å²) in [6.45, 7) is 5.63. The van der Waals surface area contributed by atoms with Gasteiger partial charge >= 0.3 is 0 Å². The summed E-state index contributed by atoms with van der Waals surface area (Å²) in [7, 11) is 0. The number of ether oxygens (including phenoxy) is 1. The minimum Gasteiger partial charge on any atom is -0.479 e. The number of carbonyl (C=O) groups excluding carboxylic acids is 1. The zero-order valence-electron chi connectivity index (χ0n) is 8.94. The maximum absolute atomic E-state index is 11.5. The number of pyridine rings is 1. The third-order valence-electron chi connectivity index (χ3n) is 1.80. The fourth-order valence-electron chi connectivity index (χ4n) is 1.01. The molecule has 0 fully saturated rings. The Morgan fingerprint density at radius 1 is 1.75 bits per heavy atom. The number of nitrogens with zero attached hydrogens (tertiary/aromatic N) is 1. The first kappa shape index (κ1) is 12.7. The van der Waals surface area contributed by atoms with E-state index in [0.29, 0.717) is 12.3 Å². The van der Waals surface area contributed by atoms with Crippen LogP contribution in [0.3, 0.4) is 0 Å². The van der Waals surface area contributed by atoms with E-state index in [1.54, 1.807) is 31.3 Å². The molecule has 86 valence electrons. The van der Waals surface area contributed by atoms with Gasteiger partial charge in [0.1, 0.15) is 10.4 Å². The van der Waals surface area contributed by atoms with Crippen LogP contribution in [0.1, 0.15) is 6.92 Å². The fraction of sp³-hybridized carbons (Fsp3) is 0.273. The Kier molecular flexibility index (Phi) is 4.98. The average Bonchev–Trinajstić information content (AvgIpc) is 2.29. The van der Waals surface area contributed by atoms with E-state index >= 15 is 0 Å². The summed E-state index contributed by atoms with van der Waals surface area (Å²) in [5, 5.41) is 2.65. The first-order chi connectivity index (χ1) is 7.63. The van der Waals surface area contributed by atoms with Crippen molar-refractivity contribution in [3.8, 4) is 5.75 Å². The maximum atomic E-state index is 11.5. The molecule has 0 saturated carbocycles. The second-order valence-corrected chi connectivity index (χ2v) is 3.92. The lowest BCUT2D eigenvalue weighted by atomic mass is 10.3. The second-order valence-electron chi connectivity index (χ2n) is 3.11. The SMILES string of the molecule is C=CCNC(=O)C(C)Oc1ccc(Br)nc1. The van der Waals surface area contributed by atoms with E-state index < -0.39 is 6.10 Å². The zero-order valence-corrected chi connectivity index (χ0v) is 10.5. The Morgan fingerprint density at radius 2 is 2.50 bits per heavy atom. The van der Waals surface area contributed by atoms with Crippen LogP contribution in [-0.4, -0.2) is 23.5 Å². The molecule has 5 heteroatoms. The molecule has 0 aliphatic carbocycles. The summed E-state index contributed by atoms with van der Waals surface area (Å²) in [6.07, 6.45) is 2.62. The highest BCUT2D eigenvalue weighted by atomic mass is 79.9. The van der Waals surface area contributed by atoms with Gasteiger partial charge in [-0.15, -0.1) is 6.58 Å². The van der Waals surface area contributed by atoms with Crippen molar-refractivity contribution in [2.24, 2.45) is 0 Å². The van der Waals surface area contributed by atoms with Gasteiger partial charge in [-0.3, -0.25) is 4.79 Å².